The summed E-state index contributed by atoms with van der Waals surface area (Å²) in [5.74, 6) is 0.779. The number of aliphatic hydroxyl groups excluding tert-OH is 1. The highest BCUT2D eigenvalue weighted by Gasteiger charge is 2.21. The highest BCUT2D eigenvalue weighted by atomic mass is 16.3. The standard InChI is InChI=1S/C14H23N7O/c1-19(2)9-12(22)10-20-3-5-21(6-4-20)14-17-8-11(7-15)13(16)18-14/h8,12,22H,3-6,9-10H2,1-2H3,(H2,16,17,18)/t12-/m0/s1. The van der Waals surface area contributed by atoms with Crippen molar-refractivity contribution in [3.05, 3.63) is 11.8 Å². The van der Waals surface area contributed by atoms with Gasteiger partial charge in [-0.2, -0.15) is 10.2 Å². The van der Waals surface area contributed by atoms with Crippen molar-refractivity contribution in [1.82, 2.24) is 19.8 Å². The van der Waals surface area contributed by atoms with E-state index in [4.69, 9.17) is 11.0 Å². The van der Waals surface area contributed by atoms with E-state index in [1.54, 1.807) is 0 Å². The monoisotopic (exact) mass is 305 g/mol. The van der Waals surface area contributed by atoms with Gasteiger partial charge in [0.05, 0.1) is 12.3 Å². The van der Waals surface area contributed by atoms with Crippen LogP contribution in [0.15, 0.2) is 6.20 Å². The summed E-state index contributed by atoms with van der Waals surface area (Å²) in [4.78, 5) is 14.6. The van der Waals surface area contributed by atoms with E-state index in [0.29, 0.717) is 24.6 Å². The fraction of sp³-hybridized carbons (Fsp3) is 0.643. The molecule has 120 valence electrons. The van der Waals surface area contributed by atoms with E-state index in [2.05, 4.69) is 14.9 Å². The Morgan fingerprint density at radius 2 is 2.09 bits per heavy atom. The number of likely N-dealkylation sites (N-methyl/N-ethyl adjacent to an activating group) is 1. The summed E-state index contributed by atoms with van der Waals surface area (Å²) in [5, 5.41) is 18.8. The topological polar surface area (TPSA) is 106 Å². The first-order valence-electron chi connectivity index (χ1n) is 7.32. The van der Waals surface area contributed by atoms with E-state index >= 15 is 0 Å². The molecule has 1 atom stereocenters. The van der Waals surface area contributed by atoms with E-state index in [1.165, 1.54) is 6.20 Å². The third kappa shape index (κ3) is 4.27. The maximum Gasteiger partial charge on any atom is 0.227 e. The Kier molecular flexibility index (Phi) is 5.49. The lowest BCUT2D eigenvalue weighted by Crippen LogP contribution is -2.50. The number of hydrogen-bond acceptors (Lipinski definition) is 8. The number of aliphatic hydroxyl groups is 1. The number of anilines is 2. The van der Waals surface area contributed by atoms with Crippen LogP contribution in [-0.4, -0.2) is 84.3 Å². The van der Waals surface area contributed by atoms with Gasteiger partial charge in [-0.25, -0.2) is 4.98 Å². The SMILES string of the molecule is CN(C)C[C@H](O)CN1CCN(c2ncc(C#N)c(N)n2)CC1. The first-order valence-corrected chi connectivity index (χ1v) is 7.32. The van der Waals surface area contributed by atoms with Crippen LogP contribution in [0.5, 0.6) is 0 Å². The van der Waals surface area contributed by atoms with Crippen LogP contribution in [0.4, 0.5) is 11.8 Å². The van der Waals surface area contributed by atoms with Gasteiger partial charge in [0.25, 0.3) is 0 Å². The zero-order valence-electron chi connectivity index (χ0n) is 13.1. The van der Waals surface area contributed by atoms with Crippen LogP contribution in [0.1, 0.15) is 5.56 Å². The van der Waals surface area contributed by atoms with Crippen LogP contribution in [0, 0.1) is 11.3 Å². The lowest BCUT2D eigenvalue weighted by Gasteiger charge is -2.35. The van der Waals surface area contributed by atoms with Gasteiger partial charge in [0.1, 0.15) is 17.5 Å². The summed E-state index contributed by atoms with van der Waals surface area (Å²) in [7, 11) is 3.90. The molecule has 1 aromatic heterocycles. The average Bonchev–Trinajstić information content (AvgIpc) is 2.47. The molecule has 0 spiro atoms. The van der Waals surface area contributed by atoms with E-state index in [0.717, 1.165) is 26.2 Å². The number of piperazine rings is 1. The van der Waals surface area contributed by atoms with E-state index in [1.807, 2.05) is 30.0 Å². The van der Waals surface area contributed by atoms with E-state index in [-0.39, 0.29) is 11.9 Å². The van der Waals surface area contributed by atoms with Crippen LogP contribution in [0.25, 0.3) is 0 Å². The van der Waals surface area contributed by atoms with E-state index in [9.17, 15) is 5.11 Å². The molecule has 1 saturated heterocycles. The largest absolute Gasteiger partial charge is 0.390 e. The predicted molar refractivity (Wildman–Crippen MR) is 84.4 cm³/mol. The Morgan fingerprint density at radius 3 is 2.64 bits per heavy atom. The molecule has 0 unspecified atom stereocenters. The lowest BCUT2D eigenvalue weighted by atomic mass is 10.2. The Bertz CT molecular complexity index is 534. The number of nitrogens with two attached hydrogens (primary N) is 1. The normalized spacial score (nSPS) is 17.5. The molecule has 0 amide bonds. The minimum Gasteiger partial charge on any atom is -0.390 e. The van der Waals surface area contributed by atoms with Gasteiger partial charge in [0, 0.05) is 39.3 Å². The summed E-state index contributed by atoms with van der Waals surface area (Å²) in [6.07, 6.45) is 1.12. The van der Waals surface area contributed by atoms with Gasteiger partial charge < -0.3 is 20.6 Å². The molecule has 0 radical (unpaired) electrons. The Hall–Kier alpha value is -1.95. The van der Waals surface area contributed by atoms with Crippen molar-refractivity contribution >= 4 is 11.8 Å². The van der Waals surface area contributed by atoms with Crippen molar-refractivity contribution in [2.45, 2.75) is 6.10 Å². The molecule has 1 aliphatic rings. The second-order valence-electron chi connectivity index (χ2n) is 5.78. The summed E-state index contributed by atoms with van der Waals surface area (Å²) in [6, 6.07) is 1.96. The van der Waals surface area contributed by atoms with Crippen LogP contribution >= 0.6 is 0 Å². The van der Waals surface area contributed by atoms with Gasteiger partial charge in [0.15, 0.2) is 0 Å². The summed E-state index contributed by atoms with van der Waals surface area (Å²) in [5.41, 5.74) is 6.03. The lowest BCUT2D eigenvalue weighted by molar-refractivity contribution is 0.0859. The molecule has 8 heteroatoms. The number of β-amino-alcohol motifs (C(OH)–C–C–N with tert-alkyl or cyclic N) is 1. The van der Waals surface area contributed by atoms with Gasteiger partial charge in [-0.15, -0.1) is 0 Å². The second kappa shape index (κ2) is 7.35. The molecular formula is C14H23N7O. The highest BCUT2D eigenvalue weighted by Crippen LogP contribution is 2.15. The Balaban J connectivity index is 1.87. The highest BCUT2D eigenvalue weighted by molar-refractivity contribution is 5.50. The third-order valence-electron chi connectivity index (χ3n) is 3.63. The van der Waals surface area contributed by atoms with Crippen LogP contribution in [0.2, 0.25) is 0 Å². The number of nitrogen functional groups attached to an aromatic ring is 1. The van der Waals surface area contributed by atoms with Crippen molar-refractivity contribution < 1.29 is 5.11 Å². The number of aromatic nitrogens is 2. The Morgan fingerprint density at radius 1 is 1.41 bits per heavy atom. The fourth-order valence-corrected chi connectivity index (χ4v) is 2.53. The fourth-order valence-electron chi connectivity index (χ4n) is 2.53. The minimum atomic E-state index is -0.344. The van der Waals surface area contributed by atoms with Gasteiger partial charge in [-0.1, -0.05) is 0 Å². The molecule has 1 aromatic rings. The zero-order chi connectivity index (χ0) is 16.1. The van der Waals surface area contributed by atoms with Crippen molar-refractivity contribution in [3.8, 4) is 6.07 Å². The second-order valence-corrected chi connectivity index (χ2v) is 5.78. The minimum absolute atomic E-state index is 0.219. The number of nitriles is 1. The van der Waals surface area contributed by atoms with Gasteiger partial charge in [-0.3, -0.25) is 4.90 Å². The zero-order valence-corrected chi connectivity index (χ0v) is 13.1. The molecule has 3 N–H and O–H groups in total. The molecule has 1 aliphatic heterocycles. The third-order valence-corrected chi connectivity index (χ3v) is 3.63. The first kappa shape index (κ1) is 16.4. The molecule has 0 bridgehead atoms. The summed E-state index contributed by atoms with van der Waals surface area (Å²) >= 11 is 0. The molecule has 8 nitrogen and oxygen atoms in total. The molecule has 2 rings (SSSR count). The predicted octanol–water partition coefficient (Wildman–Crippen LogP) is -1.03. The maximum absolute atomic E-state index is 9.98. The van der Waals surface area contributed by atoms with Crippen molar-refractivity contribution in [1.29, 1.82) is 5.26 Å². The summed E-state index contributed by atoms with van der Waals surface area (Å²) in [6.45, 7) is 4.57. The molecule has 0 aromatic carbocycles. The molecule has 1 fully saturated rings. The van der Waals surface area contributed by atoms with Crippen molar-refractivity contribution in [2.24, 2.45) is 0 Å². The van der Waals surface area contributed by atoms with Crippen LogP contribution in [-0.2, 0) is 0 Å². The average molecular weight is 305 g/mol. The molecule has 22 heavy (non-hydrogen) atoms. The van der Waals surface area contributed by atoms with E-state index < -0.39 is 0 Å². The molecular weight excluding hydrogens is 282 g/mol. The number of nitrogens with zero attached hydrogens (tertiary/aromatic N) is 6. The van der Waals surface area contributed by atoms with Crippen molar-refractivity contribution in [3.63, 3.8) is 0 Å². The molecule has 0 aliphatic carbocycles. The van der Waals surface area contributed by atoms with Gasteiger partial charge in [-0.05, 0) is 14.1 Å². The first-order chi connectivity index (χ1) is 10.5. The quantitative estimate of drug-likeness (QED) is 0.712. The number of rotatable bonds is 5. The van der Waals surface area contributed by atoms with Crippen molar-refractivity contribution in [2.75, 3.05) is 64.0 Å². The summed E-state index contributed by atoms with van der Waals surface area (Å²) < 4.78 is 0. The smallest absolute Gasteiger partial charge is 0.227 e. The maximum atomic E-state index is 9.98. The molecule has 0 saturated carbocycles. The van der Waals surface area contributed by atoms with Crippen LogP contribution < -0.4 is 10.6 Å². The van der Waals surface area contributed by atoms with Gasteiger partial charge >= 0.3 is 0 Å². The number of hydrogen-bond donors (Lipinski definition) is 2. The van der Waals surface area contributed by atoms with Crippen LogP contribution in [0.3, 0.4) is 0 Å². The van der Waals surface area contributed by atoms with Gasteiger partial charge in [0.2, 0.25) is 5.95 Å². The molecule has 2 heterocycles. The Labute approximate surface area is 130 Å².